The zero-order valence-electron chi connectivity index (χ0n) is 30.1. The maximum atomic E-state index is 2.52. The van der Waals surface area contributed by atoms with Crippen molar-refractivity contribution in [1.29, 1.82) is 0 Å². The zero-order valence-corrected chi connectivity index (χ0v) is 30.1. The lowest BCUT2D eigenvalue weighted by atomic mass is 9.80. The molecule has 0 amide bonds. The number of benzene rings is 8. The Morgan fingerprint density at radius 2 is 1.06 bits per heavy atom. The molecule has 252 valence electrons. The van der Waals surface area contributed by atoms with Crippen molar-refractivity contribution in [2.75, 3.05) is 4.90 Å². The number of rotatable bonds is 5. The smallest absolute Gasteiger partial charge is 0.0546 e. The molecule has 2 aliphatic carbocycles. The van der Waals surface area contributed by atoms with Gasteiger partial charge in [0, 0.05) is 22.4 Å². The summed E-state index contributed by atoms with van der Waals surface area (Å²) in [7, 11) is 0. The largest absolute Gasteiger partial charge is 0.310 e. The second kappa shape index (κ2) is 12.2. The van der Waals surface area contributed by atoms with E-state index in [0.717, 1.165) is 5.69 Å². The van der Waals surface area contributed by atoms with Gasteiger partial charge in [-0.05, 0) is 121 Å². The molecular weight excluding hydrogens is 627 g/mol. The van der Waals surface area contributed by atoms with Crippen LogP contribution in [0.25, 0.3) is 54.6 Å². The van der Waals surface area contributed by atoms with Crippen LogP contribution in [0.2, 0.25) is 0 Å². The van der Waals surface area contributed by atoms with Gasteiger partial charge in [-0.3, -0.25) is 0 Å². The zero-order chi connectivity index (χ0) is 34.8. The van der Waals surface area contributed by atoms with Crippen LogP contribution >= 0.6 is 0 Å². The summed E-state index contributed by atoms with van der Waals surface area (Å²) < 4.78 is 0. The number of anilines is 3. The van der Waals surface area contributed by atoms with Crippen molar-refractivity contribution in [3.05, 3.63) is 174 Å². The molecule has 1 saturated carbocycles. The fourth-order valence-corrected chi connectivity index (χ4v) is 9.55. The Balaban J connectivity index is 1.25. The van der Waals surface area contributed by atoms with E-state index in [0.29, 0.717) is 5.92 Å². The molecule has 8 aromatic rings. The van der Waals surface area contributed by atoms with Gasteiger partial charge < -0.3 is 4.90 Å². The Morgan fingerprint density at radius 1 is 0.442 bits per heavy atom. The lowest BCUT2D eigenvalue weighted by molar-refractivity contribution is 0.445. The molecule has 1 nitrogen and oxygen atoms in total. The number of nitrogens with zero attached hydrogens (tertiary/aromatic N) is 1. The van der Waals surface area contributed by atoms with Gasteiger partial charge >= 0.3 is 0 Å². The molecule has 0 spiro atoms. The lowest BCUT2D eigenvalue weighted by Gasteiger charge is -2.30. The first-order valence-electron chi connectivity index (χ1n) is 19.1. The van der Waals surface area contributed by atoms with Crippen LogP contribution in [0, 0.1) is 0 Å². The van der Waals surface area contributed by atoms with Gasteiger partial charge in [0.25, 0.3) is 0 Å². The number of hydrogen-bond donors (Lipinski definition) is 0. The van der Waals surface area contributed by atoms with Crippen molar-refractivity contribution < 1.29 is 0 Å². The molecule has 0 unspecified atom stereocenters. The molecule has 10 rings (SSSR count). The molecule has 52 heavy (non-hydrogen) atoms. The summed E-state index contributed by atoms with van der Waals surface area (Å²) >= 11 is 0. The minimum Gasteiger partial charge on any atom is -0.310 e. The summed E-state index contributed by atoms with van der Waals surface area (Å²) in [6, 6.07) is 59.6. The van der Waals surface area contributed by atoms with E-state index in [2.05, 4.69) is 176 Å². The fourth-order valence-electron chi connectivity index (χ4n) is 9.55. The summed E-state index contributed by atoms with van der Waals surface area (Å²) in [5.41, 5.74) is 13.0. The van der Waals surface area contributed by atoms with Gasteiger partial charge in [0.05, 0.1) is 5.69 Å². The van der Waals surface area contributed by atoms with Gasteiger partial charge in [-0.25, -0.2) is 0 Å². The van der Waals surface area contributed by atoms with Crippen LogP contribution in [0.3, 0.4) is 0 Å². The molecule has 0 aromatic heterocycles. The topological polar surface area (TPSA) is 3.24 Å². The quantitative estimate of drug-likeness (QED) is 0.176. The van der Waals surface area contributed by atoms with Crippen LogP contribution in [0.5, 0.6) is 0 Å². The van der Waals surface area contributed by atoms with Gasteiger partial charge in [0.15, 0.2) is 0 Å². The SMILES string of the molecule is CC1(C)c2ccccc2-c2cc(N(c3ccc4ccccc4c3)c3cc4ccccc4cc3-c3ccc(C4CCCCC4)c4ccccc34)ccc21. The van der Waals surface area contributed by atoms with Crippen molar-refractivity contribution >= 4 is 49.4 Å². The first-order valence-corrected chi connectivity index (χ1v) is 19.1. The van der Waals surface area contributed by atoms with Crippen LogP contribution in [-0.2, 0) is 5.41 Å². The third kappa shape index (κ3) is 4.98. The van der Waals surface area contributed by atoms with E-state index in [1.54, 1.807) is 0 Å². The van der Waals surface area contributed by atoms with Crippen molar-refractivity contribution in [2.45, 2.75) is 57.3 Å². The van der Waals surface area contributed by atoms with E-state index >= 15 is 0 Å². The highest BCUT2D eigenvalue weighted by Gasteiger charge is 2.35. The third-order valence-corrected chi connectivity index (χ3v) is 12.2. The van der Waals surface area contributed by atoms with E-state index in [9.17, 15) is 0 Å². The molecule has 0 radical (unpaired) electrons. The standard InChI is InChI=1S/C51H43N/c1-51(2)48-23-13-12-22-45(48)46-33-40(26-29-49(46)51)52(39-25-24-34-14-6-7-17-36(34)30-39)50-32-38-19-9-8-18-37(38)31-47(50)44-28-27-41(35-15-4-3-5-16-35)42-20-10-11-21-43(42)44/h6-14,17-33,35H,3-5,15-16H2,1-2H3. The molecule has 1 fully saturated rings. The molecule has 1 heteroatoms. The molecule has 0 heterocycles. The third-order valence-electron chi connectivity index (χ3n) is 12.2. The van der Waals surface area contributed by atoms with Gasteiger partial charge in [-0.15, -0.1) is 0 Å². The van der Waals surface area contributed by atoms with Gasteiger partial charge in [-0.2, -0.15) is 0 Å². The van der Waals surface area contributed by atoms with Crippen molar-refractivity contribution in [3.63, 3.8) is 0 Å². The minimum atomic E-state index is -0.0503. The van der Waals surface area contributed by atoms with Gasteiger partial charge in [-0.1, -0.05) is 154 Å². The summed E-state index contributed by atoms with van der Waals surface area (Å²) in [4.78, 5) is 2.52. The van der Waals surface area contributed by atoms with Crippen molar-refractivity contribution in [3.8, 4) is 22.3 Å². The lowest BCUT2D eigenvalue weighted by Crippen LogP contribution is -2.15. The maximum Gasteiger partial charge on any atom is 0.0546 e. The molecule has 2 aliphatic rings. The van der Waals surface area contributed by atoms with E-state index in [1.165, 1.54) is 115 Å². The Bertz CT molecular complexity index is 2650. The molecule has 0 aliphatic heterocycles. The molecule has 0 N–H and O–H groups in total. The molecule has 0 bridgehead atoms. The molecule has 0 atom stereocenters. The fraction of sp³-hybridized carbons (Fsp3) is 0.176. The Labute approximate surface area is 307 Å². The second-order valence-electron chi connectivity index (χ2n) is 15.6. The van der Waals surface area contributed by atoms with Gasteiger partial charge in [0.1, 0.15) is 0 Å². The van der Waals surface area contributed by atoms with E-state index in [1.807, 2.05) is 0 Å². The van der Waals surface area contributed by atoms with Crippen LogP contribution < -0.4 is 4.90 Å². The van der Waals surface area contributed by atoms with E-state index in [4.69, 9.17) is 0 Å². The highest BCUT2D eigenvalue weighted by atomic mass is 15.1. The van der Waals surface area contributed by atoms with Crippen LogP contribution in [0.4, 0.5) is 17.1 Å². The summed E-state index contributed by atoms with van der Waals surface area (Å²) in [5.74, 6) is 0.636. The normalized spacial score (nSPS) is 15.2. The Morgan fingerprint density at radius 3 is 1.87 bits per heavy atom. The van der Waals surface area contributed by atoms with Crippen LogP contribution in [0.1, 0.15) is 68.6 Å². The van der Waals surface area contributed by atoms with Crippen LogP contribution in [-0.4, -0.2) is 0 Å². The Kier molecular flexibility index (Phi) is 7.32. The first-order chi connectivity index (χ1) is 25.5. The number of fused-ring (bicyclic) bond motifs is 6. The highest BCUT2D eigenvalue weighted by Crippen LogP contribution is 2.52. The minimum absolute atomic E-state index is 0.0503. The summed E-state index contributed by atoms with van der Waals surface area (Å²) in [6.45, 7) is 4.73. The van der Waals surface area contributed by atoms with Crippen LogP contribution in [0.15, 0.2) is 158 Å². The summed E-state index contributed by atoms with van der Waals surface area (Å²) in [5, 5.41) is 7.72. The monoisotopic (exact) mass is 669 g/mol. The average molecular weight is 670 g/mol. The maximum absolute atomic E-state index is 2.52. The second-order valence-corrected chi connectivity index (χ2v) is 15.6. The Hall–Kier alpha value is -5.66. The first kappa shape index (κ1) is 31.1. The highest BCUT2D eigenvalue weighted by molar-refractivity contribution is 6.07. The predicted octanol–water partition coefficient (Wildman–Crippen LogP) is 14.6. The number of hydrogen-bond acceptors (Lipinski definition) is 1. The van der Waals surface area contributed by atoms with E-state index in [-0.39, 0.29) is 5.41 Å². The molecule has 0 saturated heterocycles. The average Bonchev–Trinajstić information content (AvgIpc) is 3.43. The molecular formula is C51H43N. The van der Waals surface area contributed by atoms with E-state index < -0.39 is 0 Å². The summed E-state index contributed by atoms with van der Waals surface area (Å²) in [6.07, 6.45) is 6.61. The van der Waals surface area contributed by atoms with Crippen molar-refractivity contribution in [1.82, 2.24) is 0 Å². The van der Waals surface area contributed by atoms with Crippen molar-refractivity contribution in [2.24, 2.45) is 0 Å². The molecule has 8 aromatic carbocycles. The van der Waals surface area contributed by atoms with Gasteiger partial charge in [0.2, 0.25) is 0 Å². The predicted molar refractivity (Wildman–Crippen MR) is 222 cm³/mol.